The third kappa shape index (κ3) is 4.28. The van der Waals surface area contributed by atoms with Crippen molar-refractivity contribution in [1.82, 2.24) is 15.2 Å². The smallest absolute Gasteiger partial charge is 0.417 e. The minimum atomic E-state index is -4.49. The SMILES string of the molecule is COc1ccc(-c2nnc(CSc3ncc(C(F)(F)F)cc3Cl)o2)cc1. The van der Waals surface area contributed by atoms with Crippen molar-refractivity contribution in [2.75, 3.05) is 7.11 Å². The van der Waals surface area contributed by atoms with Crippen molar-refractivity contribution in [3.05, 3.63) is 53.0 Å². The Hall–Kier alpha value is -2.26. The molecule has 3 rings (SSSR count). The van der Waals surface area contributed by atoms with Gasteiger partial charge in [-0.05, 0) is 30.3 Å². The summed E-state index contributed by atoms with van der Waals surface area (Å²) in [4.78, 5) is 3.75. The van der Waals surface area contributed by atoms with Gasteiger partial charge in [0, 0.05) is 11.8 Å². The summed E-state index contributed by atoms with van der Waals surface area (Å²) in [6, 6.07) is 7.92. The van der Waals surface area contributed by atoms with Gasteiger partial charge in [-0.15, -0.1) is 10.2 Å². The van der Waals surface area contributed by atoms with Gasteiger partial charge in [-0.1, -0.05) is 23.4 Å². The van der Waals surface area contributed by atoms with E-state index in [0.717, 1.165) is 29.6 Å². The summed E-state index contributed by atoms with van der Waals surface area (Å²) in [7, 11) is 1.57. The Morgan fingerprint density at radius 1 is 1.19 bits per heavy atom. The molecule has 1 aromatic carbocycles. The first-order valence-corrected chi connectivity index (χ1v) is 8.55. The maximum absolute atomic E-state index is 12.6. The molecule has 0 saturated heterocycles. The van der Waals surface area contributed by atoms with Gasteiger partial charge < -0.3 is 9.15 Å². The van der Waals surface area contributed by atoms with Crippen LogP contribution in [0, 0.1) is 0 Å². The molecule has 0 N–H and O–H groups in total. The molecule has 0 bridgehead atoms. The van der Waals surface area contributed by atoms with Gasteiger partial charge in [-0.2, -0.15) is 13.2 Å². The molecule has 136 valence electrons. The molecule has 0 aliphatic heterocycles. The number of nitrogens with zero attached hydrogens (tertiary/aromatic N) is 3. The highest BCUT2D eigenvalue weighted by atomic mass is 35.5. The van der Waals surface area contributed by atoms with Gasteiger partial charge in [-0.3, -0.25) is 0 Å². The number of hydrogen-bond acceptors (Lipinski definition) is 6. The summed E-state index contributed by atoms with van der Waals surface area (Å²) < 4.78 is 48.5. The predicted molar refractivity (Wildman–Crippen MR) is 90.1 cm³/mol. The minimum absolute atomic E-state index is 0.0836. The van der Waals surface area contributed by atoms with E-state index in [0.29, 0.717) is 17.5 Å². The molecular weight excluding hydrogens is 391 g/mol. The molecule has 0 aliphatic rings. The van der Waals surface area contributed by atoms with E-state index >= 15 is 0 Å². The molecule has 0 amide bonds. The number of aromatic nitrogens is 3. The third-order valence-corrected chi connectivity index (χ3v) is 4.66. The van der Waals surface area contributed by atoms with Crippen LogP contribution in [0.25, 0.3) is 11.5 Å². The molecule has 3 aromatic rings. The Morgan fingerprint density at radius 3 is 2.54 bits per heavy atom. The second-order valence-electron chi connectivity index (χ2n) is 5.03. The van der Waals surface area contributed by atoms with Crippen LogP contribution in [-0.4, -0.2) is 22.3 Å². The maximum Gasteiger partial charge on any atom is 0.417 e. The van der Waals surface area contributed by atoms with Crippen LogP contribution in [-0.2, 0) is 11.9 Å². The zero-order valence-corrected chi connectivity index (χ0v) is 14.8. The average molecular weight is 402 g/mol. The highest BCUT2D eigenvalue weighted by Crippen LogP contribution is 2.34. The molecule has 10 heteroatoms. The summed E-state index contributed by atoms with van der Waals surface area (Å²) in [5, 5.41) is 8.04. The lowest BCUT2D eigenvalue weighted by molar-refractivity contribution is -0.137. The van der Waals surface area contributed by atoms with E-state index in [4.69, 9.17) is 20.8 Å². The lowest BCUT2D eigenvalue weighted by Gasteiger charge is -2.08. The van der Waals surface area contributed by atoms with Gasteiger partial charge in [-0.25, -0.2) is 4.98 Å². The Balaban J connectivity index is 1.68. The molecule has 0 fully saturated rings. The van der Waals surface area contributed by atoms with Gasteiger partial charge in [0.2, 0.25) is 11.8 Å². The predicted octanol–water partition coefficient (Wildman–Crippen LogP) is 5.10. The van der Waals surface area contributed by atoms with Crippen molar-refractivity contribution in [3.8, 4) is 17.2 Å². The lowest BCUT2D eigenvalue weighted by Crippen LogP contribution is -2.05. The monoisotopic (exact) mass is 401 g/mol. The molecule has 26 heavy (non-hydrogen) atoms. The van der Waals surface area contributed by atoms with E-state index in [1.54, 1.807) is 31.4 Å². The highest BCUT2D eigenvalue weighted by Gasteiger charge is 2.31. The minimum Gasteiger partial charge on any atom is -0.497 e. The molecule has 0 atom stereocenters. The Morgan fingerprint density at radius 2 is 1.92 bits per heavy atom. The van der Waals surface area contributed by atoms with Gasteiger partial charge in [0.15, 0.2) is 0 Å². The highest BCUT2D eigenvalue weighted by molar-refractivity contribution is 7.98. The molecule has 0 saturated carbocycles. The van der Waals surface area contributed by atoms with Crippen molar-refractivity contribution < 1.29 is 22.3 Å². The second kappa shape index (κ2) is 7.55. The van der Waals surface area contributed by atoms with Crippen LogP contribution < -0.4 is 4.74 Å². The molecule has 5 nitrogen and oxygen atoms in total. The van der Waals surface area contributed by atoms with Crippen molar-refractivity contribution in [3.63, 3.8) is 0 Å². The average Bonchev–Trinajstić information content (AvgIpc) is 3.09. The molecule has 0 aliphatic carbocycles. The van der Waals surface area contributed by atoms with E-state index in [1.807, 2.05) is 0 Å². The fourth-order valence-electron chi connectivity index (χ4n) is 1.98. The zero-order valence-electron chi connectivity index (χ0n) is 13.2. The zero-order chi connectivity index (χ0) is 18.7. The van der Waals surface area contributed by atoms with Crippen molar-refractivity contribution in [2.45, 2.75) is 17.0 Å². The quantitative estimate of drug-likeness (QED) is 0.554. The van der Waals surface area contributed by atoms with Gasteiger partial charge in [0.25, 0.3) is 0 Å². The van der Waals surface area contributed by atoms with Crippen LogP contribution in [0.2, 0.25) is 5.02 Å². The second-order valence-corrected chi connectivity index (χ2v) is 6.40. The third-order valence-electron chi connectivity index (χ3n) is 3.27. The van der Waals surface area contributed by atoms with E-state index in [-0.39, 0.29) is 15.8 Å². The largest absolute Gasteiger partial charge is 0.497 e. The number of ether oxygens (including phenoxy) is 1. The summed E-state index contributed by atoms with van der Waals surface area (Å²) in [6.45, 7) is 0. The molecule has 0 radical (unpaired) electrons. The lowest BCUT2D eigenvalue weighted by atomic mass is 10.2. The topological polar surface area (TPSA) is 61.0 Å². The first kappa shape index (κ1) is 18.5. The van der Waals surface area contributed by atoms with Crippen molar-refractivity contribution in [2.24, 2.45) is 0 Å². The van der Waals surface area contributed by atoms with E-state index in [9.17, 15) is 13.2 Å². The van der Waals surface area contributed by atoms with Crippen LogP contribution >= 0.6 is 23.4 Å². The molecule has 2 aromatic heterocycles. The fraction of sp³-hybridized carbons (Fsp3) is 0.188. The van der Waals surface area contributed by atoms with Crippen LogP contribution in [0.1, 0.15) is 11.5 Å². The Labute approximate surface area is 155 Å². The van der Waals surface area contributed by atoms with Crippen LogP contribution in [0.4, 0.5) is 13.2 Å². The summed E-state index contributed by atoms with van der Waals surface area (Å²) in [5.41, 5.74) is -0.174. The number of alkyl halides is 3. The van der Waals surface area contributed by atoms with Crippen LogP contribution in [0.5, 0.6) is 5.75 Å². The number of hydrogen-bond donors (Lipinski definition) is 0. The van der Waals surface area contributed by atoms with Crippen molar-refractivity contribution >= 4 is 23.4 Å². The number of pyridine rings is 1. The number of rotatable bonds is 5. The molecule has 2 heterocycles. The molecular formula is C16H11ClF3N3O2S. The molecule has 0 spiro atoms. The van der Waals surface area contributed by atoms with Crippen LogP contribution in [0.15, 0.2) is 46.0 Å². The summed E-state index contributed by atoms with van der Waals surface area (Å²) >= 11 is 6.98. The first-order valence-electron chi connectivity index (χ1n) is 7.19. The fourth-order valence-corrected chi connectivity index (χ4v) is 3.01. The van der Waals surface area contributed by atoms with Crippen LogP contribution in [0.3, 0.4) is 0 Å². The molecule has 0 unspecified atom stereocenters. The summed E-state index contributed by atoms with van der Waals surface area (Å²) in [5.74, 6) is 1.56. The first-order chi connectivity index (χ1) is 12.4. The Bertz CT molecular complexity index is 901. The van der Waals surface area contributed by atoms with Crippen molar-refractivity contribution in [1.29, 1.82) is 0 Å². The number of benzene rings is 1. The summed E-state index contributed by atoms with van der Waals surface area (Å²) in [6.07, 6.45) is -3.75. The van der Waals surface area contributed by atoms with E-state index in [2.05, 4.69) is 15.2 Å². The van der Waals surface area contributed by atoms with E-state index < -0.39 is 11.7 Å². The number of thioether (sulfide) groups is 1. The normalized spacial score (nSPS) is 11.6. The Kier molecular flexibility index (Phi) is 5.38. The van der Waals surface area contributed by atoms with E-state index in [1.165, 1.54) is 0 Å². The standard InChI is InChI=1S/C16H11ClF3N3O2S/c1-24-11-4-2-9(3-5-11)14-23-22-13(25-14)8-26-15-12(17)6-10(7-21-15)16(18,19)20/h2-7H,8H2,1H3. The van der Waals surface area contributed by atoms with Gasteiger partial charge >= 0.3 is 6.18 Å². The maximum atomic E-state index is 12.6. The number of halogens is 4. The van der Waals surface area contributed by atoms with Gasteiger partial charge in [0.1, 0.15) is 10.8 Å². The number of methoxy groups -OCH3 is 1. The van der Waals surface area contributed by atoms with Gasteiger partial charge in [0.05, 0.1) is 23.4 Å².